The third-order valence-electron chi connectivity index (χ3n) is 4.44. The van der Waals surface area contributed by atoms with Gasteiger partial charge in [0.05, 0.1) is 23.3 Å². The van der Waals surface area contributed by atoms with Crippen LogP contribution in [0.5, 0.6) is 5.75 Å². The average Bonchev–Trinajstić information content (AvgIpc) is 3.10. The molecule has 7 heteroatoms. The number of nitrogens with zero attached hydrogens (tertiary/aromatic N) is 3. The van der Waals surface area contributed by atoms with E-state index in [1.807, 2.05) is 48.3 Å². The van der Waals surface area contributed by atoms with Crippen LogP contribution in [0, 0.1) is 0 Å². The summed E-state index contributed by atoms with van der Waals surface area (Å²) in [6.45, 7) is 3.17. The van der Waals surface area contributed by atoms with E-state index in [0.717, 1.165) is 33.2 Å². The molecule has 3 heterocycles. The predicted molar refractivity (Wildman–Crippen MR) is 107 cm³/mol. The molecule has 4 rings (SSSR count). The van der Waals surface area contributed by atoms with Gasteiger partial charge in [0, 0.05) is 28.6 Å². The SMILES string of the molecule is COc1c(Br)cc(Cl)cc1C1C(c2ccccn2)N=C2SC(C)CN21. The van der Waals surface area contributed by atoms with E-state index in [-0.39, 0.29) is 12.1 Å². The molecule has 1 aromatic carbocycles. The maximum Gasteiger partial charge on any atom is 0.160 e. The Morgan fingerprint density at radius 1 is 1.36 bits per heavy atom. The zero-order chi connectivity index (χ0) is 17.6. The summed E-state index contributed by atoms with van der Waals surface area (Å²) in [5, 5.41) is 2.27. The van der Waals surface area contributed by atoms with Gasteiger partial charge in [-0.2, -0.15) is 0 Å². The summed E-state index contributed by atoms with van der Waals surface area (Å²) in [4.78, 5) is 11.9. The van der Waals surface area contributed by atoms with Crippen LogP contribution >= 0.6 is 39.3 Å². The van der Waals surface area contributed by atoms with E-state index < -0.39 is 0 Å². The molecule has 1 fully saturated rings. The second-order valence-corrected chi connectivity index (χ2v) is 8.84. The third-order valence-corrected chi connectivity index (χ3v) is 6.35. The third kappa shape index (κ3) is 3.04. The lowest BCUT2D eigenvalue weighted by atomic mass is 9.95. The minimum atomic E-state index is -0.0736. The van der Waals surface area contributed by atoms with E-state index in [9.17, 15) is 0 Å². The highest BCUT2D eigenvalue weighted by molar-refractivity contribution is 9.10. The molecule has 3 unspecified atom stereocenters. The zero-order valence-electron chi connectivity index (χ0n) is 13.8. The number of rotatable bonds is 3. The number of aliphatic imine (C=N–C) groups is 1. The summed E-state index contributed by atoms with van der Waals surface area (Å²) < 4.78 is 6.55. The van der Waals surface area contributed by atoms with Crippen molar-refractivity contribution in [1.82, 2.24) is 9.88 Å². The molecule has 0 bridgehead atoms. The van der Waals surface area contributed by atoms with E-state index in [1.54, 1.807) is 7.11 Å². The van der Waals surface area contributed by atoms with Crippen molar-refractivity contribution in [2.75, 3.05) is 13.7 Å². The highest BCUT2D eigenvalue weighted by atomic mass is 79.9. The molecule has 1 saturated heterocycles. The normalized spacial score (nSPS) is 25.0. The lowest BCUT2D eigenvalue weighted by Crippen LogP contribution is -2.29. The van der Waals surface area contributed by atoms with Crippen LogP contribution in [0.1, 0.15) is 30.3 Å². The molecule has 0 radical (unpaired) electrons. The Kier molecular flexibility index (Phi) is 4.69. The maximum absolute atomic E-state index is 6.36. The van der Waals surface area contributed by atoms with Gasteiger partial charge in [-0.15, -0.1) is 0 Å². The average molecular weight is 439 g/mol. The number of aromatic nitrogens is 1. The molecule has 0 aliphatic carbocycles. The van der Waals surface area contributed by atoms with Crippen molar-refractivity contribution in [3.05, 3.63) is 57.3 Å². The smallest absolute Gasteiger partial charge is 0.160 e. The van der Waals surface area contributed by atoms with E-state index in [1.165, 1.54) is 0 Å². The summed E-state index contributed by atoms with van der Waals surface area (Å²) in [5.41, 5.74) is 1.99. The largest absolute Gasteiger partial charge is 0.495 e. The van der Waals surface area contributed by atoms with Crippen molar-refractivity contribution in [1.29, 1.82) is 0 Å². The molecule has 1 aromatic heterocycles. The molecule has 25 heavy (non-hydrogen) atoms. The van der Waals surface area contributed by atoms with Gasteiger partial charge in [0.2, 0.25) is 0 Å². The van der Waals surface area contributed by atoms with Gasteiger partial charge in [-0.25, -0.2) is 0 Å². The molecule has 2 aliphatic heterocycles. The van der Waals surface area contributed by atoms with Gasteiger partial charge in [-0.05, 0) is 40.2 Å². The van der Waals surface area contributed by atoms with E-state index in [2.05, 4.69) is 32.7 Å². The first-order valence-electron chi connectivity index (χ1n) is 8.03. The van der Waals surface area contributed by atoms with Crippen LogP contribution in [0.15, 0.2) is 46.0 Å². The minimum Gasteiger partial charge on any atom is -0.495 e. The highest BCUT2D eigenvalue weighted by Gasteiger charge is 2.44. The number of methoxy groups -OCH3 is 1. The number of hydrogen-bond donors (Lipinski definition) is 0. The van der Waals surface area contributed by atoms with E-state index in [4.69, 9.17) is 21.3 Å². The van der Waals surface area contributed by atoms with E-state index in [0.29, 0.717) is 10.3 Å². The van der Waals surface area contributed by atoms with Gasteiger partial charge >= 0.3 is 0 Å². The Labute approximate surface area is 164 Å². The Morgan fingerprint density at radius 2 is 2.20 bits per heavy atom. The van der Waals surface area contributed by atoms with Gasteiger partial charge in [-0.3, -0.25) is 9.98 Å². The molecule has 2 aliphatic rings. The number of thioether (sulfide) groups is 1. The van der Waals surface area contributed by atoms with Crippen LogP contribution in [0.3, 0.4) is 0 Å². The number of benzene rings is 1. The number of amidine groups is 1. The molecule has 0 spiro atoms. The molecule has 0 N–H and O–H groups in total. The second kappa shape index (κ2) is 6.82. The molecular weight excluding hydrogens is 422 g/mol. The standard InChI is InChI=1S/C18H17BrClN3OS/c1-10-9-23-16(12-7-11(20)8-13(19)17(12)24-2)15(22-18(23)25-10)14-5-3-4-6-21-14/h3-8,10,15-16H,9H2,1-2H3. The van der Waals surface area contributed by atoms with Gasteiger partial charge < -0.3 is 9.64 Å². The monoisotopic (exact) mass is 437 g/mol. The predicted octanol–water partition coefficient (Wildman–Crippen LogP) is 5.10. The van der Waals surface area contributed by atoms with Crippen LogP contribution in [-0.4, -0.2) is 34.0 Å². The van der Waals surface area contributed by atoms with Gasteiger partial charge in [0.1, 0.15) is 11.8 Å². The molecular formula is C18H17BrClN3OS. The topological polar surface area (TPSA) is 37.7 Å². The lowest BCUT2D eigenvalue weighted by Gasteiger charge is -2.29. The van der Waals surface area contributed by atoms with Crippen molar-refractivity contribution in [3.8, 4) is 5.75 Å². The van der Waals surface area contributed by atoms with Gasteiger partial charge in [0.25, 0.3) is 0 Å². The summed E-state index contributed by atoms with van der Waals surface area (Å²) in [6, 6.07) is 9.75. The molecule has 4 nitrogen and oxygen atoms in total. The van der Waals surface area contributed by atoms with Crippen molar-refractivity contribution in [2.24, 2.45) is 4.99 Å². The summed E-state index contributed by atoms with van der Waals surface area (Å²) in [6.07, 6.45) is 1.82. The number of pyridine rings is 1. The van der Waals surface area contributed by atoms with Crippen molar-refractivity contribution in [2.45, 2.75) is 24.3 Å². The fraction of sp³-hybridized carbons (Fsp3) is 0.333. The first kappa shape index (κ1) is 17.2. The van der Waals surface area contributed by atoms with Crippen LogP contribution in [0.4, 0.5) is 0 Å². The summed E-state index contributed by atoms with van der Waals surface area (Å²) >= 11 is 11.8. The molecule has 130 valence electrons. The quantitative estimate of drug-likeness (QED) is 0.668. The molecule has 2 aromatic rings. The van der Waals surface area contributed by atoms with Crippen molar-refractivity contribution in [3.63, 3.8) is 0 Å². The number of hydrogen-bond acceptors (Lipinski definition) is 5. The number of ether oxygens (including phenoxy) is 1. The van der Waals surface area contributed by atoms with E-state index >= 15 is 0 Å². The van der Waals surface area contributed by atoms with Crippen LogP contribution < -0.4 is 4.74 Å². The maximum atomic E-state index is 6.36. The zero-order valence-corrected chi connectivity index (χ0v) is 17.0. The first-order valence-corrected chi connectivity index (χ1v) is 10.1. The fourth-order valence-electron chi connectivity index (χ4n) is 3.47. The van der Waals surface area contributed by atoms with Crippen molar-refractivity contribution < 1.29 is 4.74 Å². The van der Waals surface area contributed by atoms with Crippen molar-refractivity contribution >= 4 is 44.5 Å². The Morgan fingerprint density at radius 3 is 2.92 bits per heavy atom. The summed E-state index contributed by atoms with van der Waals surface area (Å²) in [5.74, 6) is 0.802. The van der Waals surface area contributed by atoms with Gasteiger partial charge in [0.15, 0.2) is 5.17 Å². The van der Waals surface area contributed by atoms with Gasteiger partial charge in [-0.1, -0.05) is 36.4 Å². The second-order valence-electron chi connectivity index (χ2n) is 6.15. The molecule has 0 amide bonds. The first-order chi connectivity index (χ1) is 12.1. The highest BCUT2D eigenvalue weighted by Crippen LogP contribution is 2.51. The Bertz CT molecular complexity index is 833. The lowest BCUT2D eigenvalue weighted by molar-refractivity contribution is 0.307. The van der Waals surface area contributed by atoms with Crippen LogP contribution in [0.2, 0.25) is 5.02 Å². The minimum absolute atomic E-state index is 0.0206. The molecule has 3 atom stereocenters. The number of halogens is 2. The Hall–Kier alpha value is -1.24. The Balaban J connectivity index is 1.86. The van der Waals surface area contributed by atoms with Crippen LogP contribution in [-0.2, 0) is 0 Å². The fourth-order valence-corrected chi connectivity index (χ4v) is 5.56. The summed E-state index contributed by atoms with van der Waals surface area (Å²) in [7, 11) is 1.69. The molecule has 0 saturated carbocycles. The van der Waals surface area contributed by atoms with Crippen LogP contribution in [0.25, 0.3) is 0 Å². The number of fused-ring (bicyclic) bond motifs is 1.